The van der Waals surface area contributed by atoms with Gasteiger partial charge in [-0.05, 0) is 32.9 Å². The highest BCUT2D eigenvalue weighted by Crippen LogP contribution is 2.33. The van der Waals surface area contributed by atoms with E-state index in [9.17, 15) is 14.4 Å². The number of hydrogen-bond donors (Lipinski definition) is 0. The molecule has 28 heavy (non-hydrogen) atoms. The van der Waals surface area contributed by atoms with Crippen LogP contribution in [0.4, 0.5) is 0 Å². The predicted octanol–water partition coefficient (Wildman–Crippen LogP) is 1.70. The van der Waals surface area contributed by atoms with Gasteiger partial charge in [0, 0.05) is 30.9 Å². The number of hydrogen-bond acceptors (Lipinski definition) is 6. The van der Waals surface area contributed by atoms with Gasteiger partial charge in [-0.25, -0.2) is 0 Å². The number of carbonyl (C=O) groups excluding carboxylic acids is 3. The average molecular weight is 401 g/mol. The number of amidine groups is 1. The van der Waals surface area contributed by atoms with Crippen LogP contribution >= 0.6 is 11.8 Å². The van der Waals surface area contributed by atoms with E-state index in [1.165, 1.54) is 0 Å². The molecule has 3 amide bonds. The molecular weight excluding hydrogens is 376 g/mol. The van der Waals surface area contributed by atoms with Crippen LogP contribution in [-0.2, 0) is 4.79 Å². The molecular formula is C20H24N4O3S. The van der Waals surface area contributed by atoms with E-state index >= 15 is 0 Å². The summed E-state index contributed by atoms with van der Waals surface area (Å²) in [5.41, 5.74) is 0.742. The van der Waals surface area contributed by atoms with Crippen LogP contribution in [0.15, 0.2) is 29.3 Å². The zero-order valence-electron chi connectivity index (χ0n) is 16.3. The second-order valence-corrected chi connectivity index (χ2v) is 9.65. The monoisotopic (exact) mass is 400 g/mol. The topological polar surface area (TPSA) is 73.3 Å². The summed E-state index contributed by atoms with van der Waals surface area (Å²) in [6.45, 7) is 9.35. The number of fused-ring (bicyclic) bond motifs is 1. The molecule has 0 radical (unpaired) electrons. The number of piperazine rings is 1. The first kappa shape index (κ1) is 19.0. The molecule has 0 unspecified atom stereocenters. The second kappa shape index (κ2) is 6.92. The standard InChI is InChI=1S/C20H24N4O3S/c1-13(24-17(26)14-6-4-5-7-15(14)18(24)27)16(25)22-8-10-23(11-9-22)19-21-12-20(2,3)28-19/h4-7,13H,8-12H2,1-3H3/t13-/m1/s1. The smallest absolute Gasteiger partial charge is 0.262 e. The molecule has 3 aliphatic rings. The first-order valence-corrected chi connectivity index (χ1v) is 10.3. The van der Waals surface area contributed by atoms with Gasteiger partial charge in [0.15, 0.2) is 5.17 Å². The lowest BCUT2D eigenvalue weighted by molar-refractivity contribution is -0.136. The Bertz CT molecular complexity index is 839. The average Bonchev–Trinajstić information content (AvgIpc) is 3.18. The van der Waals surface area contributed by atoms with Crippen LogP contribution in [0.5, 0.6) is 0 Å². The Balaban J connectivity index is 1.40. The fourth-order valence-electron chi connectivity index (χ4n) is 3.79. The number of nitrogens with zero attached hydrogens (tertiary/aromatic N) is 4. The van der Waals surface area contributed by atoms with Gasteiger partial charge >= 0.3 is 0 Å². The molecule has 3 heterocycles. The van der Waals surface area contributed by atoms with Gasteiger partial charge in [0.05, 0.1) is 17.7 Å². The highest BCUT2D eigenvalue weighted by Gasteiger charge is 2.42. The number of rotatable bonds is 2. The Morgan fingerprint density at radius 2 is 1.64 bits per heavy atom. The second-order valence-electron chi connectivity index (χ2n) is 7.97. The van der Waals surface area contributed by atoms with Gasteiger partial charge in [-0.3, -0.25) is 24.3 Å². The van der Waals surface area contributed by atoms with Gasteiger partial charge in [-0.1, -0.05) is 23.9 Å². The van der Waals surface area contributed by atoms with Crippen molar-refractivity contribution in [1.29, 1.82) is 0 Å². The van der Waals surface area contributed by atoms with Crippen LogP contribution in [0.1, 0.15) is 41.5 Å². The lowest BCUT2D eigenvalue weighted by Gasteiger charge is -2.38. The summed E-state index contributed by atoms with van der Waals surface area (Å²) in [7, 11) is 0. The van der Waals surface area contributed by atoms with Crippen molar-refractivity contribution >= 4 is 34.7 Å². The molecule has 1 aromatic carbocycles. The van der Waals surface area contributed by atoms with Gasteiger partial charge in [-0.2, -0.15) is 0 Å². The summed E-state index contributed by atoms with van der Waals surface area (Å²) in [5, 5.41) is 1.05. The van der Waals surface area contributed by atoms with Gasteiger partial charge < -0.3 is 9.80 Å². The van der Waals surface area contributed by atoms with Crippen LogP contribution in [0.2, 0.25) is 0 Å². The van der Waals surface area contributed by atoms with Crippen LogP contribution in [0.3, 0.4) is 0 Å². The Labute approximate surface area is 168 Å². The highest BCUT2D eigenvalue weighted by molar-refractivity contribution is 8.15. The quantitative estimate of drug-likeness (QED) is 0.707. The Kier molecular flexibility index (Phi) is 4.69. The van der Waals surface area contributed by atoms with Crippen LogP contribution in [0.25, 0.3) is 0 Å². The molecule has 8 heteroatoms. The summed E-state index contributed by atoms with van der Waals surface area (Å²) in [4.78, 5) is 47.9. The molecule has 4 rings (SSSR count). The summed E-state index contributed by atoms with van der Waals surface area (Å²) < 4.78 is 0.127. The van der Waals surface area contributed by atoms with Gasteiger partial charge in [0.2, 0.25) is 5.91 Å². The molecule has 1 aromatic rings. The summed E-state index contributed by atoms with van der Waals surface area (Å²) in [6.07, 6.45) is 0. The largest absolute Gasteiger partial charge is 0.348 e. The third-order valence-electron chi connectivity index (χ3n) is 5.39. The molecule has 0 aliphatic carbocycles. The van der Waals surface area contributed by atoms with Gasteiger partial charge in [0.25, 0.3) is 11.8 Å². The van der Waals surface area contributed by atoms with E-state index in [2.05, 4.69) is 23.7 Å². The molecule has 0 spiro atoms. The van der Waals surface area contributed by atoms with E-state index in [0.29, 0.717) is 37.3 Å². The van der Waals surface area contributed by atoms with Crippen molar-refractivity contribution in [3.8, 4) is 0 Å². The maximum Gasteiger partial charge on any atom is 0.262 e. The van der Waals surface area contributed by atoms with E-state index in [1.54, 1.807) is 47.9 Å². The first-order valence-electron chi connectivity index (χ1n) is 9.52. The molecule has 1 fully saturated rings. The Morgan fingerprint density at radius 1 is 1.07 bits per heavy atom. The lowest BCUT2D eigenvalue weighted by Crippen LogP contribution is -2.55. The van der Waals surface area contributed by atoms with Crippen LogP contribution < -0.4 is 0 Å². The maximum atomic E-state index is 13.0. The van der Waals surface area contributed by atoms with E-state index in [1.807, 2.05) is 0 Å². The third-order valence-corrected chi connectivity index (χ3v) is 6.65. The van der Waals surface area contributed by atoms with E-state index < -0.39 is 6.04 Å². The van der Waals surface area contributed by atoms with Crippen molar-refractivity contribution in [2.75, 3.05) is 32.7 Å². The van der Waals surface area contributed by atoms with Gasteiger partial charge in [-0.15, -0.1) is 0 Å². The minimum atomic E-state index is -0.809. The van der Waals surface area contributed by atoms with Crippen molar-refractivity contribution in [1.82, 2.24) is 14.7 Å². The summed E-state index contributed by atoms with van der Waals surface area (Å²) >= 11 is 1.78. The Hall–Kier alpha value is -2.35. The zero-order chi connectivity index (χ0) is 20.1. The zero-order valence-corrected chi connectivity index (χ0v) is 17.2. The molecule has 0 N–H and O–H groups in total. The van der Waals surface area contributed by atoms with Crippen molar-refractivity contribution < 1.29 is 14.4 Å². The van der Waals surface area contributed by atoms with Crippen molar-refractivity contribution in [2.45, 2.75) is 31.6 Å². The number of thioether (sulfide) groups is 1. The molecule has 0 saturated carbocycles. The predicted molar refractivity (Wildman–Crippen MR) is 109 cm³/mol. The van der Waals surface area contributed by atoms with E-state index in [4.69, 9.17) is 0 Å². The van der Waals surface area contributed by atoms with Crippen molar-refractivity contribution in [3.05, 3.63) is 35.4 Å². The summed E-state index contributed by atoms with van der Waals surface area (Å²) in [6, 6.07) is 5.91. The van der Waals surface area contributed by atoms with E-state index in [-0.39, 0.29) is 22.5 Å². The fourth-order valence-corrected chi connectivity index (χ4v) is 4.85. The molecule has 7 nitrogen and oxygen atoms in total. The normalized spacial score (nSPS) is 22.4. The summed E-state index contributed by atoms with van der Waals surface area (Å²) in [5.74, 6) is -0.964. The van der Waals surface area contributed by atoms with Gasteiger partial charge in [0.1, 0.15) is 6.04 Å². The molecule has 0 aromatic heterocycles. The number of amides is 3. The molecule has 1 saturated heterocycles. The molecule has 3 aliphatic heterocycles. The number of aliphatic imine (C=N–C) groups is 1. The highest BCUT2D eigenvalue weighted by atomic mass is 32.2. The maximum absolute atomic E-state index is 13.0. The first-order chi connectivity index (χ1) is 13.3. The Morgan fingerprint density at radius 3 is 2.14 bits per heavy atom. The minimum absolute atomic E-state index is 0.127. The number of imide groups is 1. The fraction of sp³-hybridized carbons (Fsp3) is 0.500. The molecule has 148 valence electrons. The molecule has 0 bridgehead atoms. The SMILES string of the molecule is C[C@H](C(=O)N1CCN(C2=NCC(C)(C)S2)CC1)N1C(=O)c2ccccc2C1=O. The van der Waals surface area contributed by atoms with Crippen LogP contribution in [-0.4, -0.2) is 81.1 Å². The van der Waals surface area contributed by atoms with Crippen molar-refractivity contribution in [2.24, 2.45) is 4.99 Å². The lowest BCUT2D eigenvalue weighted by atomic mass is 10.1. The van der Waals surface area contributed by atoms with Crippen molar-refractivity contribution in [3.63, 3.8) is 0 Å². The third kappa shape index (κ3) is 3.19. The number of carbonyl (C=O) groups is 3. The number of benzene rings is 1. The molecule has 1 atom stereocenters. The van der Waals surface area contributed by atoms with Crippen LogP contribution in [0, 0.1) is 0 Å². The minimum Gasteiger partial charge on any atom is -0.348 e. The van der Waals surface area contributed by atoms with E-state index in [0.717, 1.165) is 16.6 Å².